The summed E-state index contributed by atoms with van der Waals surface area (Å²) in [6.45, 7) is 0. The highest BCUT2D eigenvalue weighted by atomic mass is 79.9. The first kappa shape index (κ1) is 17.6. The summed E-state index contributed by atoms with van der Waals surface area (Å²) in [5.74, 6) is -0.256. The van der Waals surface area contributed by atoms with Gasteiger partial charge in [-0.25, -0.2) is 4.98 Å². The first-order chi connectivity index (χ1) is 14.1. The Hall–Kier alpha value is -3.51. The average molecular weight is 444 g/mol. The van der Waals surface area contributed by atoms with E-state index >= 15 is 0 Å². The molecule has 5 aromatic rings. The normalized spacial score (nSPS) is 11.2. The molecule has 140 valence electrons. The van der Waals surface area contributed by atoms with Gasteiger partial charge >= 0.3 is 0 Å². The Morgan fingerprint density at radius 2 is 1.59 bits per heavy atom. The zero-order valence-electron chi connectivity index (χ0n) is 15.1. The van der Waals surface area contributed by atoms with Gasteiger partial charge in [-0.05, 0) is 48.5 Å². The number of benzene rings is 3. The Bertz CT molecular complexity index is 1470. The highest BCUT2D eigenvalue weighted by Crippen LogP contribution is 2.23. The molecule has 0 bridgehead atoms. The molecule has 29 heavy (non-hydrogen) atoms. The first-order valence-corrected chi connectivity index (χ1v) is 9.81. The summed E-state index contributed by atoms with van der Waals surface area (Å²) in [6, 6.07) is 23.6. The van der Waals surface area contributed by atoms with Crippen LogP contribution in [0.1, 0.15) is 10.4 Å². The standard InChI is InChI=1S/C23H14BrN3O2/c24-14-9-11-15(12-10-14)25-22(28)18-13-21-26-19-7-3-1-6-17(19)23(29)27(21)20-8-4-2-5-16(18)20/h1-13H,(H,25,28). The van der Waals surface area contributed by atoms with Crippen molar-refractivity contribution in [2.45, 2.75) is 0 Å². The highest BCUT2D eigenvalue weighted by Gasteiger charge is 2.16. The van der Waals surface area contributed by atoms with E-state index in [0.717, 1.165) is 4.47 Å². The number of nitrogens with zero attached hydrogens (tertiary/aromatic N) is 2. The molecule has 2 aromatic heterocycles. The minimum atomic E-state index is -0.256. The summed E-state index contributed by atoms with van der Waals surface area (Å²) >= 11 is 3.39. The van der Waals surface area contributed by atoms with Gasteiger partial charge in [0.1, 0.15) is 5.65 Å². The summed E-state index contributed by atoms with van der Waals surface area (Å²) in [5, 5.41) is 4.15. The predicted octanol–water partition coefficient (Wildman–Crippen LogP) is 5.02. The molecule has 0 aliphatic heterocycles. The lowest BCUT2D eigenvalue weighted by atomic mass is 10.1. The Kier molecular flexibility index (Phi) is 4.14. The van der Waals surface area contributed by atoms with Gasteiger partial charge in [0.2, 0.25) is 0 Å². The maximum atomic E-state index is 13.1. The molecular formula is C23H14BrN3O2. The maximum Gasteiger partial charge on any atom is 0.266 e. The zero-order valence-corrected chi connectivity index (χ0v) is 16.7. The van der Waals surface area contributed by atoms with Crippen LogP contribution in [0.5, 0.6) is 0 Å². The number of nitrogens with one attached hydrogen (secondary N) is 1. The van der Waals surface area contributed by atoms with Crippen LogP contribution in [-0.4, -0.2) is 15.3 Å². The van der Waals surface area contributed by atoms with Gasteiger partial charge in [0.05, 0.1) is 22.0 Å². The number of para-hydroxylation sites is 2. The lowest BCUT2D eigenvalue weighted by Crippen LogP contribution is -2.19. The molecule has 1 N–H and O–H groups in total. The van der Waals surface area contributed by atoms with Crippen LogP contribution in [0.3, 0.4) is 0 Å². The molecule has 5 rings (SSSR count). The van der Waals surface area contributed by atoms with Gasteiger partial charge in [-0.15, -0.1) is 0 Å². The number of carbonyl (C=O) groups excluding carboxylic acids is 1. The second-order valence-corrected chi connectivity index (χ2v) is 7.58. The molecule has 0 saturated heterocycles. The van der Waals surface area contributed by atoms with Crippen molar-refractivity contribution in [1.29, 1.82) is 0 Å². The zero-order chi connectivity index (χ0) is 20.0. The summed E-state index contributed by atoms with van der Waals surface area (Å²) in [5.41, 5.74) is 2.69. The fraction of sp³-hybridized carbons (Fsp3) is 0. The molecule has 0 radical (unpaired) electrons. The molecule has 0 fully saturated rings. The summed E-state index contributed by atoms with van der Waals surface area (Å²) in [4.78, 5) is 30.8. The number of amides is 1. The number of rotatable bonds is 2. The van der Waals surface area contributed by atoms with Crippen molar-refractivity contribution in [3.8, 4) is 0 Å². The minimum Gasteiger partial charge on any atom is -0.322 e. The summed E-state index contributed by atoms with van der Waals surface area (Å²) in [7, 11) is 0. The molecule has 2 heterocycles. The second-order valence-electron chi connectivity index (χ2n) is 6.66. The molecule has 0 atom stereocenters. The van der Waals surface area contributed by atoms with Crippen LogP contribution in [0.15, 0.2) is 88.1 Å². The number of aromatic nitrogens is 2. The van der Waals surface area contributed by atoms with Crippen LogP contribution < -0.4 is 10.9 Å². The van der Waals surface area contributed by atoms with Gasteiger partial charge in [-0.2, -0.15) is 0 Å². The van der Waals surface area contributed by atoms with Crippen LogP contribution in [0.2, 0.25) is 0 Å². The SMILES string of the molecule is O=C(Nc1ccc(Br)cc1)c1cc2nc3ccccc3c(=O)n2c2ccccc12. The smallest absolute Gasteiger partial charge is 0.266 e. The van der Waals surface area contributed by atoms with Crippen molar-refractivity contribution in [3.63, 3.8) is 0 Å². The van der Waals surface area contributed by atoms with Crippen molar-refractivity contribution in [1.82, 2.24) is 9.38 Å². The molecule has 5 nitrogen and oxygen atoms in total. The minimum absolute atomic E-state index is 0.151. The van der Waals surface area contributed by atoms with Gasteiger partial charge in [0, 0.05) is 15.5 Å². The molecule has 6 heteroatoms. The third-order valence-electron chi connectivity index (χ3n) is 4.86. The largest absolute Gasteiger partial charge is 0.322 e. The Balaban J connectivity index is 1.76. The van der Waals surface area contributed by atoms with Crippen molar-refractivity contribution in [2.24, 2.45) is 0 Å². The van der Waals surface area contributed by atoms with E-state index in [1.54, 1.807) is 22.6 Å². The number of hydrogen-bond acceptors (Lipinski definition) is 3. The molecule has 0 saturated carbocycles. The fourth-order valence-electron chi connectivity index (χ4n) is 3.50. The van der Waals surface area contributed by atoms with E-state index in [1.807, 2.05) is 60.7 Å². The topological polar surface area (TPSA) is 63.5 Å². The number of carbonyl (C=O) groups is 1. The van der Waals surface area contributed by atoms with E-state index in [0.29, 0.717) is 38.7 Å². The number of anilines is 1. The molecule has 0 spiro atoms. The number of hydrogen-bond donors (Lipinski definition) is 1. The van der Waals surface area contributed by atoms with Crippen molar-refractivity contribution in [2.75, 3.05) is 5.32 Å². The van der Waals surface area contributed by atoms with Gasteiger partial charge in [-0.3, -0.25) is 14.0 Å². The van der Waals surface area contributed by atoms with Gasteiger partial charge in [0.15, 0.2) is 0 Å². The summed E-state index contributed by atoms with van der Waals surface area (Å²) < 4.78 is 2.50. The van der Waals surface area contributed by atoms with E-state index in [2.05, 4.69) is 26.2 Å². The van der Waals surface area contributed by atoms with Gasteiger partial charge < -0.3 is 5.32 Å². The lowest BCUT2D eigenvalue weighted by Gasteiger charge is -2.12. The number of pyridine rings is 1. The first-order valence-electron chi connectivity index (χ1n) is 9.02. The van der Waals surface area contributed by atoms with E-state index in [9.17, 15) is 9.59 Å². The molecule has 0 unspecified atom stereocenters. The Morgan fingerprint density at radius 3 is 2.38 bits per heavy atom. The van der Waals surface area contributed by atoms with Crippen LogP contribution in [0, 0.1) is 0 Å². The monoisotopic (exact) mass is 443 g/mol. The van der Waals surface area contributed by atoms with E-state index in [4.69, 9.17) is 0 Å². The van der Waals surface area contributed by atoms with E-state index in [1.165, 1.54) is 0 Å². The van der Waals surface area contributed by atoms with Crippen LogP contribution >= 0.6 is 15.9 Å². The number of fused-ring (bicyclic) bond motifs is 4. The van der Waals surface area contributed by atoms with Crippen LogP contribution in [0.25, 0.3) is 27.5 Å². The lowest BCUT2D eigenvalue weighted by molar-refractivity contribution is 0.102. The van der Waals surface area contributed by atoms with Gasteiger partial charge in [0.25, 0.3) is 11.5 Å². The van der Waals surface area contributed by atoms with Crippen molar-refractivity contribution < 1.29 is 4.79 Å². The molecule has 1 amide bonds. The number of halogens is 1. The van der Waals surface area contributed by atoms with Crippen molar-refractivity contribution >= 4 is 55.0 Å². The molecule has 0 aliphatic carbocycles. The Labute approximate surface area is 173 Å². The third-order valence-corrected chi connectivity index (χ3v) is 5.39. The molecule has 3 aromatic carbocycles. The summed E-state index contributed by atoms with van der Waals surface area (Å²) in [6.07, 6.45) is 0. The highest BCUT2D eigenvalue weighted by molar-refractivity contribution is 9.10. The van der Waals surface area contributed by atoms with E-state index in [-0.39, 0.29) is 11.5 Å². The van der Waals surface area contributed by atoms with Crippen LogP contribution in [-0.2, 0) is 0 Å². The Morgan fingerprint density at radius 1 is 0.897 bits per heavy atom. The predicted molar refractivity (Wildman–Crippen MR) is 119 cm³/mol. The fourth-order valence-corrected chi connectivity index (χ4v) is 3.77. The maximum absolute atomic E-state index is 13.1. The van der Waals surface area contributed by atoms with Gasteiger partial charge in [-0.1, -0.05) is 46.3 Å². The average Bonchev–Trinajstić information content (AvgIpc) is 2.74. The second kappa shape index (κ2) is 6.83. The van der Waals surface area contributed by atoms with E-state index < -0.39 is 0 Å². The van der Waals surface area contributed by atoms with Crippen molar-refractivity contribution in [3.05, 3.63) is 99.3 Å². The molecular weight excluding hydrogens is 430 g/mol. The van der Waals surface area contributed by atoms with Crippen LogP contribution in [0.4, 0.5) is 5.69 Å². The third kappa shape index (κ3) is 2.98. The molecule has 0 aliphatic rings. The quantitative estimate of drug-likeness (QED) is 0.307.